The Morgan fingerprint density at radius 3 is 2.24 bits per heavy atom. The van der Waals surface area contributed by atoms with Gasteiger partial charge in [-0.1, -0.05) is 41.0 Å². The molecular weight excluding hydrogens is 260 g/mol. The Kier molecular flexibility index (Phi) is 12.4. The molecule has 1 unspecified atom stereocenters. The second-order valence-electron chi connectivity index (χ2n) is 6.67. The van der Waals surface area contributed by atoms with Crippen molar-refractivity contribution in [1.82, 2.24) is 10.2 Å². The number of methoxy groups -OCH3 is 1. The van der Waals surface area contributed by atoms with Crippen LogP contribution in [0.3, 0.4) is 0 Å². The molecular formula is C18H40N2O. The van der Waals surface area contributed by atoms with Gasteiger partial charge < -0.3 is 10.1 Å². The molecule has 0 aliphatic heterocycles. The van der Waals surface area contributed by atoms with Gasteiger partial charge in [0.2, 0.25) is 0 Å². The molecule has 0 aliphatic carbocycles. The van der Waals surface area contributed by atoms with Crippen LogP contribution in [0.25, 0.3) is 0 Å². The van der Waals surface area contributed by atoms with E-state index in [1.54, 1.807) is 7.11 Å². The number of rotatable bonds is 14. The summed E-state index contributed by atoms with van der Waals surface area (Å²) in [5.74, 6) is 0. The van der Waals surface area contributed by atoms with Gasteiger partial charge in [0.25, 0.3) is 0 Å². The first-order chi connectivity index (χ1) is 10.1. The van der Waals surface area contributed by atoms with E-state index in [1.165, 1.54) is 38.6 Å². The van der Waals surface area contributed by atoms with E-state index in [0.29, 0.717) is 11.5 Å². The van der Waals surface area contributed by atoms with E-state index >= 15 is 0 Å². The lowest BCUT2D eigenvalue weighted by atomic mass is 9.84. The van der Waals surface area contributed by atoms with E-state index < -0.39 is 0 Å². The number of hydrogen-bond donors (Lipinski definition) is 1. The highest BCUT2D eigenvalue weighted by molar-refractivity contribution is 4.83. The Hall–Kier alpha value is -0.120. The van der Waals surface area contributed by atoms with Crippen molar-refractivity contribution >= 4 is 0 Å². The van der Waals surface area contributed by atoms with Crippen LogP contribution in [0.5, 0.6) is 0 Å². The molecule has 128 valence electrons. The van der Waals surface area contributed by atoms with Gasteiger partial charge in [0, 0.05) is 32.8 Å². The molecule has 0 rings (SSSR count). The summed E-state index contributed by atoms with van der Waals surface area (Å²) in [6.45, 7) is 16.9. The van der Waals surface area contributed by atoms with Crippen LogP contribution in [0.2, 0.25) is 0 Å². The highest BCUT2D eigenvalue weighted by Gasteiger charge is 2.28. The average molecular weight is 301 g/mol. The molecule has 0 aromatic carbocycles. The molecule has 0 amide bonds. The average Bonchev–Trinajstić information content (AvgIpc) is 2.46. The Bertz CT molecular complexity index is 231. The quantitative estimate of drug-likeness (QED) is 0.492. The molecule has 0 bridgehead atoms. The van der Waals surface area contributed by atoms with Crippen molar-refractivity contribution in [2.24, 2.45) is 5.41 Å². The maximum atomic E-state index is 5.33. The van der Waals surface area contributed by atoms with Crippen molar-refractivity contribution in [2.45, 2.75) is 72.8 Å². The van der Waals surface area contributed by atoms with Gasteiger partial charge in [-0.05, 0) is 37.6 Å². The van der Waals surface area contributed by atoms with E-state index in [1.807, 2.05) is 0 Å². The minimum atomic E-state index is 0.361. The van der Waals surface area contributed by atoms with Crippen molar-refractivity contribution in [2.75, 3.05) is 39.9 Å². The Labute approximate surface area is 133 Å². The second-order valence-corrected chi connectivity index (χ2v) is 6.67. The predicted molar refractivity (Wildman–Crippen MR) is 94.0 cm³/mol. The van der Waals surface area contributed by atoms with Crippen LogP contribution < -0.4 is 5.32 Å². The Balaban J connectivity index is 4.74. The molecule has 0 spiro atoms. The highest BCUT2D eigenvalue weighted by atomic mass is 16.5. The zero-order valence-electron chi connectivity index (χ0n) is 15.5. The Morgan fingerprint density at radius 2 is 1.76 bits per heavy atom. The van der Waals surface area contributed by atoms with Gasteiger partial charge in [0.1, 0.15) is 0 Å². The molecule has 0 radical (unpaired) electrons. The van der Waals surface area contributed by atoms with Gasteiger partial charge in [0.05, 0.1) is 6.61 Å². The zero-order chi connectivity index (χ0) is 16.1. The maximum Gasteiger partial charge on any atom is 0.0589 e. The van der Waals surface area contributed by atoms with Crippen molar-refractivity contribution in [1.29, 1.82) is 0 Å². The summed E-state index contributed by atoms with van der Waals surface area (Å²) in [5.41, 5.74) is 0.361. The van der Waals surface area contributed by atoms with Gasteiger partial charge >= 0.3 is 0 Å². The summed E-state index contributed by atoms with van der Waals surface area (Å²) in [4.78, 5) is 2.66. The van der Waals surface area contributed by atoms with Crippen molar-refractivity contribution in [3.8, 4) is 0 Å². The smallest absolute Gasteiger partial charge is 0.0589 e. The van der Waals surface area contributed by atoms with Gasteiger partial charge in [-0.25, -0.2) is 0 Å². The molecule has 1 atom stereocenters. The molecule has 3 nitrogen and oxygen atoms in total. The first-order valence-electron chi connectivity index (χ1n) is 9.00. The number of hydrogen-bond acceptors (Lipinski definition) is 3. The third-order valence-electron chi connectivity index (χ3n) is 4.46. The topological polar surface area (TPSA) is 24.5 Å². The molecule has 0 aliphatic rings. The molecule has 0 aromatic rings. The molecule has 0 fully saturated rings. The first-order valence-corrected chi connectivity index (χ1v) is 9.00. The fourth-order valence-electron chi connectivity index (χ4n) is 3.29. The van der Waals surface area contributed by atoms with E-state index in [-0.39, 0.29) is 0 Å². The second kappa shape index (κ2) is 12.4. The molecule has 0 aromatic heterocycles. The van der Waals surface area contributed by atoms with E-state index in [9.17, 15) is 0 Å². The largest absolute Gasteiger partial charge is 0.383 e. The lowest BCUT2D eigenvalue weighted by Crippen LogP contribution is -2.47. The van der Waals surface area contributed by atoms with Gasteiger partial charge in [-0.15, -0.1) is 0 Å². The van der Waals surface area contributed by atoms with Crippen LogP contribution >= 0.6 is 0 Å². The van der Waals surface area contributed by atoms with Crippen molar-refractivity contribution in [3.05, 3.63) is 0 Å². The summed E-state index contributed by atoms with van der Waals surface area (Å²) in [7, 11) is 1.80. The summed E-state index contributed by atoms with van der Waals surface area (Å²) in [6.07, 6.45) is 6.20. The van der Waals surface area contributed by atoms with Crippen LogP contribution in [0.15, 0.2) is 0 Å². The Morgan fingerprint density at radius 1 is 1.10 bits per heavy atom. The lowest BCUT2D eigenvalue weighted by Gasteiger charge is -2.39. The van der Waals surface area contributed by atoms with E-state index in [0.717, 1.165) is 26.2 Å². The van der Waals surface area contributed by atoms with Crippen molar-refractivity contribution in [3.63, 3.8) is 0 Å². The highest BCUT2D eigenvalue weighted by Crippen LogP contribution is 2.26. The molecule has 0 heterocycles. The zero-order valence-corrected chi connectivity index (χ0v) is 15.5. The third-order valence-corrected chi connectivity index (χ3v) is 4.46. The minimum Gasteiger partial charge on any atom is -0.383 e. The number of nitrogens with zero attached hydrogens (tertiary/aromatic N) is 1. The molecule has 1 N–H and O–H groups in total. The summed E-state index contributed by atoms with van der Waals surface area (Å²) in [6, 6.07) is 0.683. The van der Waals surface area contributed by atoms with Gasteiger partial charge in [-0.2, -0.15) is 0 Å². The van der Waals surface area contributed by atoms with E-state index in [4.69, 9.17) is 4.74 Å². The lowest BCUT2D eigenvalue weighted by molar-refractivity contribution is 0.0717. The molecule has 0 saturated carbocycles. The SMILES string of the molecule is CCCNCC(C)(CCC)CN(CCOC)C(CC)CC. The van der Waals surface area contributed by atoms with Crippen LogP contribution in [-0.2, 0) is 4.74 Å². The molecule has 21 heavy (non-hydrogen) atoms. The van der Waals surface area contributed by atoms with Crippen LogP contribution in [0, 0.1) is 5.41 Å². The van der Waals surface area contributed by atoms with Gasteiger partial charge in [-0.3, -0.25) is 4.90 Å². The molecule has 3 heteroatoms. The van der Waals surface area contributed by atoms with Gasteiger partial charge in [0.15, 0.2) is 0 Å². The predicted octanol–water partition coefficient (Wildman–Crippen LogP) is 3.93. The number of nitrogens with one attached hydrogen (secondary N) is 1. The van der Waals surface area contributed by atoms with Crippen LogP contribution in [-0.4, -0.2) is 50.8 Å². The number of ether oxygens (including phenoxy) is 1. The standard InChI is InChI=1S/C18H40N2O/c1-7-11-18(5,15-19-12-8-2)16-20(13-14-21-6)17(9-3)10-4/h17,19H,7-16H2,1-6H3. The van der Waals surface area contributed by atoms with E-state index in [2.05, 4.69) is 44.8 Å². The maximum absolute atomic E-state index is 5.33. The normalized spacial score (nSPS) is 14.9. The fourth-order valence-corrected chi connectivity index (χ4v) is 3.29. The van der Waals surface area contributed by atoms with Crippen LogP contribution in [0.1, 0.15) is 66.7 Å². The summed E-state index contributed by atoms with van der Waals surface area (Å²) >= 11 is 0. The molecule has 0 saturated heterocycles. The minimum absolute atomic E-state index is 0.361. The van der Waals surface area contributed by atoms with Crippen LogP contribution in [0.4, 0.5) is 0 Å². The summed E-state index contributed by atoms with van der Waals surface area (Å²) in [5, 5.41) is 3.64. The van der Waals surface area contributed by atoms with Crippen molar-refractivity contribution < 1.29 is 4.74 Å². The monoisotopic (exact) mass is 300 g/mol. The third kappa shape index (κ3) is 8.80. The fraction of sp³-hybridized carbons (Fsp3) is 1.00. The summed E-state index contributed by atoms with van der Waals surface area (Å²) < 4.78 is 5.33. The first kappa shape index (κ1) is 20.9.